The van der Waals surface area contributed by atoms with Crippen LogP contribution in [0.2, 0.25) is 0 Å². The van der Waals surface area contributed by atoms with Gasteiger partial charge < -0.3 is 4.74 Å². The lowest BCUT2D eigenvalue weighted by atomic mass is 9.89. The van der Waals surface area contributed by atoms with Crippen LogP contribution in [0.3, 0.4) is 0 Å². The second kappa shape index (κ2) is 11.5. The Kier molecular flexibility index (Phi) is 8.49. The highest BCUT2D eigenvalue weighted by molar-refractivity contribution is 5.91. The van der Waals surface area contributed by atoms with Crippen molar-refractivity contribution in [3.8, 4) is 5.75 Å². The minimum atomic E-state index is 0.0655. The lowest BCUT2D eigenvalue weighted by Gasteiger charge is -2.27. The van der Waals surface area contributed by atoms with Crippen molar-refractivity contribution < 1.29 is 4.74 Å². The minimum Gasteiger partial charge on any atom is -0.475 e. The molecule has 0 spiro atoms. The van der Waals surface area contributed by atoms with Gasteiger partial charge >= 0.3 is 0 Å². The molecule has 0 N–H and O–H groups in total. The standard InChI is InChI=1S/C29H35NO/c1-5-28(25-16-12-9-13-17-25)29(22-24-14-10-8-11-15-24)26-18-20-27(21-19-26)31-23(4)30(6-2)7-3/h8-21,23H,5-7,22H2,1-4H3/b29-28+. The molecule has 31 heavy (non-hydrogen) atoms. The predicted octanol–water partition coefficient (Wildman–Crippen LogP) is 7.32. The Labute approximate surface area is 188 Å². The SMILES string of the molecule is CC/C(=C(/Cc1ccccc1)c1ccc(OC(C)N(CC)CC)cc1)c1ccccc1. The van der Waals surface area contributed by atoms with Crippen LogP contribution in [0.5, 0.6) is 5.75 Å². The first-order valence-electron chi connectivity index (χ1n) is 11.5. The number of benzene rings is 3. The quantitative estimate of drug-likeness (QED) is 0.255. The second-order valence-corrected chi connectivity index (χ2v) is 7.80. The minimum absolute atomic E-state index is 0.0655. The number of hydrogen-bond acceptors (Lipinski definition) is 2. The van der Waals surface area contributed by atoms with E-state index in [1.165, 1.54) is 27.8 Å². The van der Waals surface area contributed by atoms with Gasteiger partial charge in [-0.3, -0.25) is 4.90 Å². The van der Waals surface area contributed by atoms with Crippen molar-refractivity contribution in [2.75, 3.05) is 13.1 Å². The van der Waals surface area contributed by atoms with Crippen LogP contribution in [0, 0.1) is 0 Å². The third-order valence-electron chi connectivity index (χ3n) is 5.90. The van der Waals surface area contributed by atoms with Crippen LogP contribution in [0.4, 0.5) is 0 Å². The average Bonchev–Trinajstić information content (AvgIpc) is 2.82. The molecule has 1 atom stereocenters. The zero-order valence-corrected chi connectivity index (χ0v) is 19.3. The van der Waals surface area contributed by atoms with Crippen LogP contribution in [0.25, 0.3) is 11.1 Å². The van der Waals surface area contributed by atoms with Crippen molar-refractivity contribution in [3.05, 3.63) is 102 Å². The summed E-state index contributed by atoms with van der Waals surface area (Å²) in [4.78, 5) is 2.30. The summed E-state index contributed by atoms with van der Waals surface area (Å²) in [6.45, 7) is 10.7. The van der Waals surface area contributed by atoms with E-state index >= 15 is 0 Å². The Morgan fingerprint density at radius 3 is 1.81 bits per heavy atom. The van der Waals surface area contributed by atoms with Gasteiger partial charge in [0, 0.05) is 0 Å². The van der Waals surface area contributed by atoms with Gasteiger partial charge in [0.25, 0.3) is 0 Å². The Hall–Kier alpha value is -2.84. The highest BCUT2D eigenvalue weighted by atomic mass is 16.5. The molecular weight excluding hydrogens is 378 g/mol. The van der Waals surface area contributed by atoms with Crippen LogP contribution in [0.15, 0.2) is 84.9 Å². The first kappa shape index (κ1) is 22.8. The maximum Gasteiger partial charge on any atom is 0.149 e. The molecule has 0 aliphatic carbocycles. The molecule has 2 heteroatoms. The predicted molar refractivity (Wildman–Crippen MR) is 133 cm³/mol. The van der Waals surface area contributed by atoms with Crippen molar-refractivity contribution in [2.24, 2.45) is 0 Å². The zero-order chi connectivity index (χ0) is 22.1. The summed E-state index contributed by atoms with van der Waals surface area (Å²) in [7, 11) is 0. The van der Waals surface area contributed by atoms with E-state index in [-0.39, 0.29) is 6.23 Å². The summed E-state index contributed by atoms with van der Waals surface area (Å²) in [6, 6.07) is 30.1. The molecule has 0 aromatic heterocycles. The second-order valence-electron chi connectivity index (χ2n) is 7.80. The highest BCUT2D eigenvalue weighted by Crippen LogP contribution is 2.32. The van der Waals surface area contributed by atoms with E-state index < -0.39 is 0 Å². The molecule has 3 rings (SSSR count). The van der Waals surface area contributed by atoms with E-state index in [2.05, 4.69) is 118 Å². The summed E-state index contributed by atoms with van der Waals surface area (Å²) in [5.74, 6) is 0.917. The Bertz CT molecular complexity index is 941. The summed E-state index contributed by atoms with van der Waals surface area (Å²) in [5.41, 5.74) is 6.66. The van der Waals surface area contributed by atoms with Gasteiger partial charge in [-0.1, -0.05) is 93.6 Å². The number of rotatable bonds is 10. The fraction of sp³-hybridized carbons (Fsp3) is 0.310. The molecule has 0 aliphatic heterocycles. The fourth-order valence-electron chi connectivity index (χ4n) is 4.16. The summed E-state index contributed by atoms with van der Waals surface area (Å²) >= 11 is 0. The molecule has 3 aromatic rings. The summed E-state index contributed by atoms with van der Waals surface area (Å²) in [6.07, 6.45) is 1.97. The number of allylic oxidation sites excluding steroid dienone is 2. The highest BCUT2D eigenvalue weighted by Gasteiger charge is 2.14. The molecule has 0 saturated heterocycles. The number of hydrogen-bond donors (Lipinski definition) is 0. The number of nitrogens with zero attached hydrogens (tertiary/aromatic N) is 1. The van der Waals surface area contributed by atoms with E-state index in [4.69, 9.17) is 4.74 Å². The fourth-order valence-corrected chi connectivity index (χ4v) is 4.16. The van der Waals surface area contributed by atoms with Gasteiger partial charge in [0.05, 0.1) is 0 Å². The molecule has 1 unspecified atom stereocenters. The molecule has 0 heterocycles. The van der Waals surface area contributed by atoms with Crippen molar-refractivity contribution in [3.63, 3.8) is 0 Å². The van der Waals surface area contributed by atoms with Gasteiger partial charge in [0.1, 0.15) is 12.0 Å². The Balaban J connectivity index is 1.95. The Morgan fingerprint density at radius 2 is 1.26 bits per heavy atom. The van der Waals surface area contributed by atoms with Crippen molar-refractivity contribution >= 4 is 11.1 Å². The van der Waals surface area contributed by atoms with Crippen LogP contribution in [-0.4, -0.2) is 24.2 Å². The molecule has 0 bridgehead atoms. The van der Waals surface area contributed by atoms with Crippen molar-refractivity contribution in [1.29, 1.82) is 0 Å². The van der Waals surface area contributed by atoms with Gasteiger partial charge in [-0.15, -0.1) is 0 Å². The molecular formula is C29H35NO. The largest absolute Gasteiger partial charge is 0.475 e. The van der Waals surface area contributed by atoms with E-state index in [0.29, 0.717) is 0 Å². The first-order valence-corrected chi connectivity index (χ1v) is 11.5. The van der Waals surface area contributed by atoms with Crippen molar-refractivity contribution in [2.45, 2.75) is 46.8 Å². The lowest BCUT2D eigenvalue weighted by Crippen LogP contribution is -2.36. The van der Waals surface area contributed by atoms with Gasteiger partial charge in [-0.05, 0) is 72.8 Å². The summed E-state index contributed by atoms with van der Waals surface area (Å²) < 4.78 is 6.19. The van der Waals surface area contributed by atoms with Gasteiger partial charge in [-0.2, -0.15) is 0 Å². The molecule has 3 aromatic carbocycles. The topological polar surface area (TPSA) is 12.5 Å². The molecule has 162 valence electrons. The van der Waals surface area contributed by atoms with Crippen LogP contribution in [0.1, 0.15) is 50.8 Å². The maximum absolute atomic E-state index is 6.19. The Morgan fingerprint density at radius 1 is 0.710 bits per heavy atom. The molecule has 0 fully saturated rings. The third kappa shape index (κ3) is 6.08. The molecule has 0 radical (unpaired) electrons. The smallest absolute Gasteiger partial charge is 0.149 e. The first-order chi connectivity index (χ1) is 15.2. The van der Waals surface area contributed by atoms with Gasteiger partial charge in [0.2, 0.25) is 0 Å². The summed E-state index contributed by atoms with van der Waals surface area (Å²) in [5, 5.41) is 0. The normalized spacial score (nSPS) is 13.1. The van der Waals surface area contributed by atoms with Gasteiger partial charge in [0.15, 0.2) is 0 Å². The molecule has 2 nitrogen and oxygen atoms in total. The monoisotopic (exact) mass is 413 g/mol. The van der Waals surface area contributed by atoms with E-state index in [1.807, 2.05) is 0 Å². The van der Waals surface area contributed by atoms with Crippen molar-refractivity contribution in [1.82, 2.24) is 4.90 Å². The van der Waals surface area contributed by atoms with Crippen LogP contribution >= 0.6 is 0 Å². The van der Waals surface area contributed by atoms with Gasteiger partial charge in [-0.25, -0.2) is 0 Å². The molecule has 0 aliphatic rings. The maximum atomic E-state index is 6.19. The number of ether oxygens (including phenoxy) is 1. The van der Waals surface area contributed by atoms with E-state index in [1.54, 1.807) is 0 Å². The third-order valence-corrected chi connectivity index (χ3v) is 5.90. The van der Waals surface area contributed by atoms with Crippen LogP contribution in [-0.2, 0) is 6.42 Å². The zero-order valence-electron chi connectivity index (χ0n) is 19.3. The van der Waals surface area contributed by atoms with E-state index in [9.17, 15) is 0 Å². The average molecular weight is 414 g/mol. The molecule has 0 saturated carbocycles. The lowest BCUT2D eigenvalue weighted by molar-refractivity contribution is 0.0481. The van der Waals surface area contributed by atoms with E-state index in [0.717, 1.165) is 31.7 Å². The van der Waals surface area contributed by atoms with Crippen LogP contribution < -0.4 is 4.74 Å². The molecule has 0 amide bonds.